The fourth-order valence-electron chi connectivity index (χ4n) is 3.53. The minimum Gasteiger partial charge on any atom is -0.462 e. The zero-order valence-corrected chi connectivity index (χ0v) is 17.3. The molecule has 1 unspecified atom stereocenters. The van der Waals surface area contributed by atoms with E-state index in [1.807, 2.05) is 29.1 Å². The minimum atomic E-state index is -0.0922. The van der Waals surface area contributed by atoms with Crippen LogP contribution >= 0.6 is 0 Å². The van der Waals surface area contributed by atoms with Gasteiger partial charge in [0.15, 0.2) is 5.96 Å². The van der Waals surface area contributed by atoms with Crippen molar-refractivity contribution in [1.29, 1.82) is 0 Å². The number of carbonyl (C=O) groups excluding carboxylic acids is 1. The van der Waals surface area contributed by atoms with Crippen LogP contribution in [0.15, 0.2) is 47.7 Å². The summed E-state index contributed by atoms with van der Waals surface area (Å²) >= 11 is 0. The normalized spacial score (nSPS) is 15.9. The molecular formula is C22H31N5O2. The van der Waals surface area contributed by atoms with Crippen LogP contribution in [-0.4, -0.2) is 41.4 Å². The number of aliphatic imine (C=N–C) groups is 1. The molecule has 1 aromatic carbocycles. The Morgan fingerprint density at radius 2 is 2.17 bits per heavy atom. The lowest BCUT2D eigenvalue weighted by Crippen LogP contribution is -2.39. The number of benzene rings is 1. The van der Waals surface area contributed by atoms with E-state index in [0.717, 1.165) is 30.5 Å². The van der Waals surface area contributed by atoms with E-state index in [2.05, 4.69) is 39.8 Å². The van der Waals surface area contributed by atoms with Crippen LogP contribution in [0, 0.1) is 0 Å². The van der Waals surface area contributed by atoms with E-state index < -0.39 is 0 Å². The van der Waals surface area contributed by atoms with Crippen molar-refractivity contribution in [3.05, 3.63) is 48.3 Å². The van der Waals surface area contributed by atoms with Gasteiger partial charge in [0, 0.05) is 32.4 Å². The fourth-order valence-corrected chi connectivity index (χ4v) is 3.53. The predicted molar refractivity (Wildman–Crippen MR) is 114 cm³/mol. The summed E-state index contributed by atoms with van der Waals surface area (Å²) in [6.07, 6.45) is 9.36. The van der Waals surface area contributed by atoms with Gasteiger partial charge in [-0.25, -0.2) is 4.68 Å². The number of nitrogens with one attached hydrogen (secondary N) is 2. The van der Waals surface area contributed by atoms with Gasteiger partial charge in [-0.05, 0) is 62.8 Å². The van der Waals surface area contributed by atoms with Crippen molar-refractivity contribution in [3.63, 3.8) is 0 Å². The molecule has 0 saturated heterocycles. The number of esters is 1. The largest absolute Gasteiger partial charge is 0.462 e. The Balaban J connectivity index is 1.42. The molecule has 1 fully saturated rings. The zero-order chi connectivity index (χ0) is 20.5. The second kappa shape index (κ2) is 10.6. The van der Waals surface area contributed by atoms with Crippen LogP contribution in [0.1, 0.15) is 57.1 Å². The van der Waals surface area contributed by atoms with Crippen LogP contribution in [0.25, 0.3) is 5.69 Å². The first-order valence-electron chi connectivity index (χ1n) is 10.4. The average molecular weight is 398 g/mol. The third-order valence-electron chi connectivity index (χ3n) is 5.17. The lowest BCUT2D eigenvalue weighted by molar-refractivity contribution is -0.148. The summed E-state index contributed by atoms with van der Waals surface area (Å²) in [4.78, 5) is 16.2. The molecule has 1 saturated carbocycles. The molecular weight excluding hydrogens is 366 g/mol. The van der Waals surface area contributed by atoms with E-state index in [-0.39, 0.29) is 18.1 Å². The van der Waals surface area contributed by atoms with Crippen LogP contribution < -0.4 is 10.6 Å². The Bertz CT molecular complexity index is 797. The maximum atomic E-state index is 11.9. The average Bonchev–Trinajstić information content (AvgIpc) is 3.44. The summed E-state index contributed by atoms with van der Waals surface area (Å²) < 4.78 is 7.33. The first kappa shape index (κ1) is 20.9. The Morgan fingerprint density at radius 1 is 1.34 bits per heavy atom. The molecule has 1 aromatic heterocycles. The summed E-state index contributed by atoms with van der Waals surface area (Å²) in [6.45, 7) is 2.76. The molecule has 1 atom stereocenters. The molecule has 3 rings (SSSR count). The van der Waals surface area contributed by atoms with Crippen LogP contribution in [0.4, 0.5) is 0 Å². The lowest BCUT2D eigenvalue weighted by Gasteiger charge is -2.19. The Labute approximate surface area is 172 Å². The monoisotopic (exact) mass is 397 g/mol. The highest BCUT2D eigenvalue weighted by molar-refractivity contribution is 5.80. The summed E-state index contributed by atoms with van der Waals surface area (Å²) in [5.41, 5.74) is 2.16. The second-order valence-corrected chi connectivity index (χ2v) is 7.41. The number of guanidine groups is 1. The third-order valence-corrected chi connectivity index (χ3v) is 5.17. The molecule has 0 aliphatic heterocycles. The van der Waals surface area contributed by atoms with Gasteiger partial charge in [-0.15, -0.1) is 0 Å². The Kier molecular flexibility index (Phi) is 7.67. The van der Waals surface area contributed by atoms with Gasteiger partial charge >= 0.3 is 5.97 Å². The van der Waals surface area contributed by atoms with Gasteiger partial charge in [-0.3, -0.25) is 9.79 Å². The topological polar surface area (TPSA) is 80.5 Å². The number of hydrogen-bond acceptors (Lipinski definition) is 4. The molecule has 29 heavy (non-hydrogen) atoms. The highest BCUT2D eigenvalue weighted by Gasteiger charge is 2.18. The number of carbonyl (C=O) groups is 1. The second-order valence-electron chi connectivity index (χ2n) is 7.41. The van der Waals surface area contributed by atoms with Crippen molar-refractivity contribution in [2.75, 3.05) is 13.6 Å². The van der Waals surface area contributed by atoms with E-state index >= 15 is 0 Å². The third kappa shape index (κ3) is 6.34. The molecule has 1 aliphatic carbocycles. The molecule has 156 valence electrons. The maximum absolute atomic E-state index is 11.9. The molecule has 7 nitrogen and oxygen atoms in total. The summed E-state index contributed by atoms with van der Waals surface area (Å²) in [5.74, 6) is 0.622. The lowest BCUT2D eigenvalue weighted by atomic mass is 10.1. The van der Waals surface area contributed by atoms with Crippen LogP contribution in [0.5, 0.6) is 0 Å². The SMILES string of the molecule is CN=C(NCCCC(=O)OC1CCCC1)NC(C)c1cccc(-n2cccn2)c1. The van der Waals surface area contributed by atoms with Gasteiger partial charge in [0.1, 0.15) is 6.10 Å². The van der Waals surface area contributed by atoms with Gasteiger partial charge in [-0.2, -0.15) is 5.10 Å². The van der Waals surface area contributed by atoms with E-state index in [9.17, 15) is 4.79 Å². The number of aromatic nitrogens is 2. The van der Waals surface area contributed by atoms with E-state index in [4.69, 9.17) is 4.74 Å². The van der Waals surface area contributed by atoms with Crippen molar-refractivity contribution in [3.8, 4) is 5.69 Å². The van der Waals surface area contributed by atoms with E-state index in [1.165, 1.54) is 12.8 Å². The van der Waals surface area contributed by atoms with Gasteiger partial charge in [0.05, 0.1) is 11.7 Å². The molecule has 2 aromatic rings. The molecule has 1 aliphatic rings. The highest BCUT2D eigenvalue weighted by Crippen LogP contribution is 2.21. The molecule has 2 N–H and O–H groups in total. The van der Waals surface area contributed by atoms with Crippen molar-refractivity contribution in [2.45, 2.75) is 57.6 Å². The number of rotatable bonds is 8. The number of ether oxygens (including phenoxy) is 1. The van der Waals surface area contributed by atoms with Crippen LogP contribution in [-0.2, 0) is 9.53 Å². The van der Waals surface area contributed by atoms with Crippen molar-refractivity contribution >= 4 is 11.9 Å². The first-order chi connectivity index (χ1) is 14.2. The summed E-state index contributed by atoms with van der Waals surface area (Å²) in [6, 6.07) is 10.2. The molecule has 0 bridgehead atoms. The van der Waals surface area contributed by atoms with Crippen LogP contribution in [0.3, 0.4) is 0 Å². The standard InChI is InChI=1S/C22H31N5O2/c1-17(18-8-5-9-19(16-18)27-15-7-14-25-27)26-22(23-2)24-13-6-12-21(28)29-20-10-3-4-11-20/h5,7-9,14-17,20H,3-4,6,10-13H2,1-2H3,(H2,23,24,26). The summed E-state index contributed by atoms with van der Waals surface area (Å²) in [7, 11) is 1.75. The Hall–Kier alpha value is -2.83. The van der Waals surface area contributed by atoms with Crippen LogP contribution in [0.2, 0.25) is 0 Å². The van der Waals surface area contributed by atoms with Crippen molar-refractivity contribution in [1.82, 2.24) is 20.4 Å². The Morgan fingerprint density at radius 3 is 2.90 bits per heavy atom. The minimum absolute atomic E-state index is 0.0732. The number of nitrogens with zero attached hydrogens (tertiary/aromatic N) is 3. The van der Waals surface area contributed by atoms with Gasteiger partial charge in [0.25, 0.3) is 0 Å². The molecule has 1 heterocycles. The maximum Gasteiger partial charge on any atom is 0.306 e. The van der Waals surface area contributed by atoms with Gasteiger partial charge in [0.2, 0.25) is 0 Å². The van der Waals surface area contributed by atoms with Crippen molar-refractivity contribution < 1.29 is 9.53 Å². The molecule has 7 heteroatoms. The fraction of sp³-hybridized carbons (Fsp3) is 0.500. The quantitative estimate of drug-likeness (QED) is 0.309. The first-order valence-corrected chi connectivity index (χ1v) is 10.4. The van der Waals surface area contributed by atoms with Crippen molar-refractivity contribution in [2.24, 2.45) is 4.99 Å². The van der Waals surface area contributed by atoms with E-state index in [1.54, 1.807) is 13.2 Å². The van der Waals surface area contributed by atoms with Gasteiger partial charge < -0.3 is 15.4 Å². The van der Waals surface area contributed by atoms with Gasteiger partial charge in [-0.1, -0.05) is 12.1 Å². The highest BCUT2D eigenvalue weighted by atomic mass is 16.5. The summed E-state index contributed by atoms with van der Waals surface area (Å²) in [5, 5.41) is 11.0. The van der Waals surface area contributed by atoms with E-state index in [0.29, 0.717) is 18.9 Å². The smallest absolute Gasteiger partial charge is 0.306 e. The zero-order valence-electron chi connectivity index (χ0n) is 17.3. The molecule has 0 radical (unpaired) electrons. The molecule has 0 amide bonds. The predicted octanol–water partition coefficient (Wildman–Crippen LogP) is 3.36. The molecule has 0 spiro atoms. The number of hydrogen-bond donors (Lipinski definition) is 2.